The maximum absolute atomic E-state index is 11.6. The standard InChI is InChI=1S/C11H8ClNO3/c12-7-1-2-9-6(3-7)4-8(5-10(14)15)13-11(9)16/h1-4H,5H2,(H,13,16)(H,14,15). The molecule has 0 aliphatic heterocycles. The summed E-state index contributed by atoms with van der Waals surface area (Å²) in [6.45, 7) is 0. The molecule has 0 spiro atoms. The minimum Gasteiger partial charge on any atom is -0.481 e. The molecular weight excluding hydrogens is 230 g/mol. The highest BCUT2D eigenvalue weighted by molar-refractivity contribution is 6.31. The Morgan fingerprint density at radius 1 is 1.38 bits per heavy atom. The van der Waals surface area contributed by atoms with E-state index < -0.39 is 5.97 Å². The minimum absolute atomic E-state index is 0.211. The molecule has 2 rings (SSSR count). The van der Waals surface area contributed by atoms with Crippen molar-refractivity contribution in [1.82, 2.24) is 4.98 Å². The Bertz CT molecular complexity index is 618. The first kappa shape index (κ1) is 10.7. The van der Waals surface area contributed by atoms with E-state index in [1.54, 1.807) is 24.3 Å². The molecule has 2 aromatic rings. The van der Waals surface area contributed by atoms with Crippen molar-refractivity contribution in [3.63, 3.8) is 0 Å². The molecule has 0 amide bonds. The lowest BCUT2D eigenvalue weighted by Gasteiger charge is -2.01. The molecule has 0 radical (unpaired) electrons. The van der Waals surface area contributed by atoms with Crippen LogP contribution in [0.3, 0.4) is 0 Å². The first-order chi connectivity index (χ1) is 7.56. The van der Waals surface area contributed by atoms with Gasteiger partial charge in [-0.1, -0.05) is 11.6 Å². The van der Waals surface area contributed by atoms with Gasteiger partial charge in [-0.25, -0.2) is 0 Å². The molecule has 0 unspecified atom stereocenters. The molecule has 0 saturated heterocycles. The van der Waals surface area contributed by atoms with Gasteiger partial charge in [-0.15, -0.1) is 0 Å². The molecule has 5 heteroatoms. The van der Waals surface area contributed by atoms with Gasteiger partial charge in [0.15, 0.2) is 0 Å². The van der Waals surface area contributed by atoms with E-state index >= 15 is 0 Å². The largest absolute Gasteiger partial charge is 0.481 e. The number of rotatable bonds is 2. The van der Waals surface area contributed by atoms with E-state index in [1.807, 2.05) is 0 Å². The number of halogens is 1. The van der Waals surface area contributed by atoms with E-state index in [0.717, 1.165) is 0 Å². The molecular formula is C11H8ClNO3. The highest BCUT2D eigenvalue weighted by Crippen LogP contribution is 2.16. The normalized spacial score (nSPS) is 10.6. The van der Waals surface area contributed by atoms with Crippen LogP contribution < -0.4 is 5.56 Å². The number of pyridine rings is 1. The first-order valence-corrected chi connectivity index (χ1v) is 4.97. The molecule has 16 heavy (non-hydrogen) atoms. The summed E-state index contributed by atoms with van der Waals surface area (Å²) in [6.07, 6.45) is -0.211. The van der Waals surface area contributed by atoms with E-state index in [0.29, 0.717) is 21.5 Å². The number of nitrogens with one attached hydrogen (secondary N) is 1. The summed E-state index contributed by atoms with van der Waals surface area (Å²) in [7, 11) is 0. The second-order valence-corrected chi connectivity index (χ2v) is 3.86. The summed E-state index contributed by atoms with van der Waals surface area (Å²) in [5, 5.41) is 10.3. The number of H-pyrrole nitrogens is 1. The monoisotopic (exact) mass is 237 g/mol. The zero-order valence-electron chi connectivity index (χ0n) is 8.16. The summed E-state index contributed by atoms with van der Waals surface area (Å²) < 4.78 is 0. The third kappa shape index (κ3) is 2.06. The molecule has 0 fully saturated rings. The van der Waals surface area contributed by atoms with Crippen LogP contribution in [0.5, 0.6) is 0 Å². The van der Waals surface area contributed by atoms with E-state index in [1.165, 1.54) is 0 Å². The van der Waals surface area contributed by atoms with Gasteiger partial charge in [0, 0.05) is 16.1 Å². The fourth-order valence-electron chi connectivity index (χ4n) is 1.55. The third-order valence-electron chi connectivity index (χ3n) is 2.20. The molecule has 0 aliphatic rings. The zero-order chi connectivity index (χ0) is 11.7. The second-order valence-electron chi connectivity index (χ2n) is 3.43. The smallest absolute Gasteiger partial charge is 0.309 e. The lowest BCUT2D eigenvalue weighted by atomic mass is 10.1. The van der Waals surface area contributed by atoms with Crippen LogP contribution in [0.4, 0.5) is 0 Å². The van der Waals surface area contributed by atoms with Gasteiger partial charge in [-0.05, 0) is 29.7 Å². The van der Waals surface area contributed by atoms with E-state index in [4.69, 9.17) is 16.7 Å². The Morgan fingerprint density at radius 2 is 2.12 bits per heavy atom. The van der Waals surface area contributed by atoms with Crippen LogP contribution in [0.15, 0.2) is 29.1 Å². The number of aromatic amines is 1. The van der Waals surface area contributed by atoms with Crippen LogP contribution in [-0.4, -0.2) is 16.1 Å². The lowest BCUT2D eigenvalue weighted by molar-refractivity contribution is -0.136. The molecule has 0 aliphatic carbocycles. The van der Waals surface area contributed by atoms with Gasteiger partial charge in [0.1, 0.15) is 0 Å². The van der Waals surface area contributed by atoms with Crippen LogP contribution in [0, 0.1) is 0 Å². The third-order valence-corrected chi connectivity index (χ3v) is 2.44. The van der Waals surface area contributed by atoms with Crippen molar-refractivity contribution in [3.8, 4) is 0 Å². The maximum Gasteiger partial charge on any atom is 0.309 e. The fraction of sp³-hybridized carbons (Fsp3) is 0.0909. The van der Waals surface area contributed by atoms with Gasteiger partial charge in [0.2, 0.25) is 0 Å². The number of aromatic nitrogens is 1. The summed E-state index contributed by atoms with van der Waals surface area (Å²) in [4.78, 5) is 24.7. The van der Waals surface area contributed by atoms with Crippen molar-refractivity contribution < 1.29 is 9.90 Å². The van der Waals surface area contributed by atoms with Crippen LogP contribution in [-0.2, 0) is 11.2 Å². The average molecular weight is 238 g/mol. The Hall–Kier alpha value is -1.81. The highest BCUT2D eigenvalue weighted by Gasteiger charge is 2.05. The van der Waals surface area contributed by atoms with Gasteiger partial charge in [-0.2, -0.15) is 0 Å². The number of aliphatic carboxylic acids is 1. The van der Waals surface area contributed by atoms with Crippen molar-refractivity contribution in [2.45, 2.75) is 6.42 Å². The van der Waals surface area contributed by atoms with Crippen LogP contribution in [0.2, 0.25) is 5.02 Å². The van der Waals surface area contributed by atoms with Crippen LogP contribution >= 0.6 is 11.6 Å². The Morgan fingerprint density at radius 3 is 2.81 bits per heavy atom. The molecule has 82 valence electrons. The van der Waals surface area contributed by atoms with Crippen molar-refractivity contribution >= 4 is 28.3 Å². The van der Waals surface area contributed by atoms with Crippen LogP contribution in [0.1, 0.15) is 5.69 Å². The molecule has 0 bridgehead atoms. The van der Waals surface area contributed by atoms with Crippen LogP contribution in [0.25, 0.3) is 10.8 Å². The number of carboxylic acids is 1. The van der Waals surface area contributed by atoms with Gasteiger partial charge in [0.05, 0.1) is 6.42 Å². The van der Waals surface area contributed by atoms with Crippen molar-refractivity contribution in [3.05, 3.63) is 45.3 Å². The zero-order valence-corrected chi connectivity index (χ0v) is 8.91. The SMILES string of the molecule is O=C(O)Cc1cc2cc(Cl)ccc2c(=O)[nH]1. The summed E-state index contributed by atoms with van der Waals surface area (Å²) in [6, 6.07) is 6.49. The van der Waals surface area contributed by atoms with Crippen molar-refractivity contribution in [2.75, 3.05) is 0 Å². The van der Waals surface area contributed by atoms with E-state index in [9.17, 15) is 9.59 Å². The van der Waals surface area contributed by atoms with E-state index in [-0.39, 0.29) is 12.0 Å². The number of hydrogen-bond donors (Lipinski definition) is 2. The molecule has 2 N–H and O–H groups in total. The highest BCUT2D eigenvalue weighted by atomic mass is 35.5. The summed E-state index contributed by atoms with van der Waals surface area (Å²) >= 11 is 5.80. The van der Waals surface area contributed by atoms with Gasteiger partial charge >= 0.3 is 5.97 Å². The molecule has 0 atom stereocenters. The number of benzene rings is 1. The minimum atomic E-state index is -0.989. The molecule has 1 aromatic heterocycles. The molecule has 4 nitrogen and oxygen atoms in total. The van der Waals surface area contributed by atoms with Gasteiger partial charge in [0.25, 0.3) is 5.56 Å². The quantitative estimate of drug-likeness (QED) is 0.837. The topological polar surface area (TPSA) is 70.2 Å². The molecule has 1 heterocycles. The number of carbonyl (C=O) groups is 1. The molecule has 1 aromatic carbocycles. The first-order valence-electron chi connectivity index (χ1n) is 4.59. The van der Waals surface area contributed by atoms with Crippen molar-refractivity contribution in [1.29, 1.82) is 0 Å². The predicted molar refractivity (Wildman–Crippen MR) is 60.9 cm³/mol. The maximum atomic E-state index is 11.6. The van der Waals surface area contributed by atoms with Crippen molar-refractivity contribution in [2.24, 2.45) is 0 Å². The van der Waals surface area contributed by atoms with Gasteiger partial charge in [-0.3, -0.25) is 9.59 Å². The number of fused-ring (bicyclic) bond motifs is 1. The Kier molecular flexibility index (Phi) is 2.66. The predicted octanol–water partition coefficient (Wildman–Crippen LogP) is 1.81. The Balaban J connectivity index is 2.65. The lowest BCUT2D eigenvalue weighted by Crippen LogP contribution is -2.12. The average Bonchev–Trinajstić information content (AvgIpc) is 2.15. The van der Waals surface area contributed by atoms with E-state index in [2.05, 4.69) is 4.98 Å². The number of hydrogen-bond acceptors (Lipinski definition) is 2. The molecule has 0 saturated carbocycles. The second kappa shape index (κ2) is 3.98. The number of carboxylic acid groups (broad SMARTS) is 1. The van der Waals surface area contributed by atoms with Gasteiger partial charge < -0.3 is 10.1 Å². The summed E-state index contributed by atoms with van der Waals surface area (Å²) in [5.74, 6) is -0.989. The Labute approximate surface area is 95.5 Å². The summed E-state index contributed by atoms with van der Waals surface area (Å²) in [5.41, 5.74) is 0.0673. The fourth-order valence-corrected chi connectivity index (χ4v) is 1.74.